The Morgan fingerprint density at radius 1 is 1.13 bits per heavy atom. The van der Waals surface area contributed by atoms with E-state index >= 15 is 0 Å². The van der Waals surface area contributed by atoms with Gasteiger partial charge in [-0.15, -0.1) is 0 Å². The largest absolute Gasteiger partial charge is 0.484 e. The Bertz CT molecular complexity index is 755. The fourth-order valence-corrected chi connectivity index (χ4v) is 2.61. The second-order valence-electron chi connectivity index (χ2n) is 5.22. The summed E-state index contributed by atoms with van der Waals surface area (Å²) in [5, 5.41) is 8.72. The van der Waals surface area contributed by atoms with Crippen molar-refractivity contribution in [2.45, 2.75) is 6.10 Å². The van der Waals surface area contributed by atoms with Crippen molar-refractivity contribution < 1.29 is 19.4 Å². The molecule has 0 saturated heterocycles. The first-order valence-corrected chi connectivity index (χ1v) is 7.23. The summed E-state index contributed by atoms with van der Waals surface area (Å²) >= 11 is 0. The van der Waals surface area contributed by atoms with Gasteiger partial charge in [0.25, 0.3) is 0 Å². The maximum absolute atomic E-state index is 12.8. The Balaban J connectivity index is 1.99. The molecule has 2 atom stereocenters. The van der Waals surface area contributed by atoms with E-state index in [1.165, 1.54) is 6.21 Å². The van der Waals surface area contributed by atoms with Crippen LogP contribution >= 0.6 is 0 Å². The molecule has 0 aliphatic carbocycles. The van der Waals surface area contributed by atoms with Crippen LogP contribution in [0.25, 0.3) is 0 Å². The van der Waals surface area contributed by atoms with E-state index in [0.29, 0.717) is 11.3 Å². The third-order valence-corrected chi connectivity index (χ3v) is 3.66. The quantitative estimate of drug-likeness (QED) is 0.881. The van der Waals surface area contributed by atoms with Gasteiger partial charge in [0.15, 0.2) is 5.78 Å². The van der Waals surface area contributed by atoms with E-state index in [2.05, 4.69) is 4.99 Å². The monoisotopic (exact) mass is 309 g/mol. The van der Waals surface area contributed by atoms with Gasteiger partial charge in [-0.2, -0.15) is 0 Å². The lowest BCUT2D eigenvalue weighted by molar-refractivity contribution is -0.135. The predicted molar refractivity (Wildman–Crippen MR) is 85.1 cm³/mol. The molecule has 1 aliphatic heterocycles. The number of fused-ring (bicyclic) bond motifs is 1. The summed E-state index contributed by atoms with van der Waals surface area (Å²) in [5.74, 6) is -1.27. The molecule has 116 valence electrons. The molecule has 5 nitrogen and oxygen atoms in total. The first kappa shape index (κ1) is 15.0. The zero-order chi connectivity index (χ0) is 16.2. The van der Waals surface area contributed by atoms with E-state index < -0.39 is 18.0 Å². The van der Waals surface area contributed by atoms with Gasteiger partial charge in [0.05, 0.1) is 11.5 Å². The number of carbonyl (C=O) groups excluding carboxylic acids is 1. The number of hydrogen-bond donors (Lipinski definition) is 1. The molecule has 23 heavy (non-hydrogen) atoms. The molecule has 2 aromatic carbocycles. The van der Waals surface area contributed by atoms with Crippen molar-refractivity contribution in [2.75, 3.05) is 6.54 Å². The maximum Gasteiger partial charge on any atom is 0.325 e. The van der Waals surface area contributed by atoms with Gasteiger partial charge in [-0.05, 0) is 17.7 Å². The molecule has 5 heteroatoms. The van der Waals surface area contributed by atoms with Gasteiger partial charge in [0, 0.05) is 6.21 Å². The smallest absolute Gasteiger partial charge is 0.325 e. The number of carbonyl (C=O) groups is 2. The summed E-state index contributed by atoms with van der Waals surface area (Å²) in [6, 6.07) is 16.4. The highest BCUT2D eigenvalue weighted by atomic mass is 16.5. The molecule has 1 N–H and O–H groups in total. The first-order chi connectivity index (χ1) is 11.2. The van der Waals surface area contributed by atoms with Gasteiger partial charge >= 0.3 is 5.97 Å². The Morgan fingerprint density at radius 3 is 2.57 bits per heavy atom. The second-order valence-corrected chi connectivity index (χ2v) is 5.22. The van der Waals surface area contributed by atoms with Gasteiger partial charge in [-0.25, -0.2) is 0 Å². The van der Waals surface area contributed by atoms with Crippen LogP contribution in [0.2, 0.25) is 0 Å². The summed E-state index contributed by atoms with van der Waals surface area (Å²) in [4.78, 5) is 27.3. The lowest BCUT2D eigenvalue weighted by Gasteiger charge is -2.30. The number of benzene rings is 2. The van der Waals surface area contributed by atoms with E-state index in [1.54, 1.807) is 18.2 Å². The maximum atomic E-state index is 12.8. The third-order valence-electron chi connectivity index (χ3n) is 3.66. The van der Waals surface area contributed by atoms with E-state index in [-0.39, 0.29) is 12.3 Å². The minimum absolute atomic E-state index is 0.116. The molecule has 3 rings (SSSR count). The molecule has 2 aromatic rings. The lowest BCUT2D eigenvalue weighted by atomic mass is 9.86. The summed E-state index contributed by atoms with van der Waals surface area (Å²) < 4.78 is 6.00. The number of carboxylic acid groups (broad SMARTS) is 1. The van der Waals surface area contributed by atoms with Gasteiger partial charge in [-0.1, -0.05) is 42.5 Å². The number of nitrogens with zero attached hydrogens (tertiary/aromatic N) is 1. The van der Waals surface area contributed by atoms with Crippen molar-refractivity contribution in [3.8, 4) is 5.75 Å². The summed E-state index contributed by atoms with van der Waals surface area (Å²) in [5.41, 5.74) is 1.34. The number of rotatable bonds is 4. The first-order valence-electron chi connectivity index (χ1n) is 7.23. The van der Waals surface area contributed by atoms with Crippen LogP contribution in [0.5, 0.6) is 5.75 Å². The van der Waals surface area contributed by atoms with E-state index in [1.807, 2.05) is 36.4 Å². The highest BCUT2D eigenvalue weighted by Crippen LogP contribution is 2.37. The molecular formula is C18H15NO4. The Labute approximate surface area is 133 Å². The fraction of sp³-hybridized carbons (Fsp3) is 0.167. The van der Waals surface area contributed by atoms with Crippen molar-refractivity contribution in [3.63, 3.8) is 0 Å². The van der Waals surface area contributed by atoms with Crippen LogP contribution in [0.3, 0.4) is 0 Å². The second kappa shape index (κ2) is 6.44. The SMILES string of the molecule is O=C(O)CN=CC1C(=O)c2ccccc2OC1c1ccccc1. The molecule has 0 fully saturated rings. The molecule has 1 aliphatic rings. The van der Waals surface area contributed by atoms with Gasteiger partial charge < -0.3 is 9.84 Å². The number of ketones is 1. The van der Waals surface area contributed by atoms with E-state index in [9.17, 15) is 9.59 Å². The van der Waals surface area contributed by atoms with Gasteiger partial charge in [0.1, 0.15) is 18.4 Å². The standard InChI is InChI=1S/C18H15NO4/c20-16(21)11-19-10-14-17(22)13-8-4-5-9-15(13)23-18(14)12-6-2-1-3-7-12/h1-10,14,18H,11H2,(H,20,21). The van der Waals surface area contributed by atoms with Crippen LogP contribution in [0.1, 0.15) is 22.0 Å². The number of carboxylic acids is 1. The van der Waals surface area contributed by atoms with Crippen molar-refractivity contribution >= 4 is 18.0 Å². The summed E-state index contributed by atoms with van der Waals surface area (Å²) in [7, 11) is 0. The highest BCUT2D eigenvalue weighted by molar-refractivity contribution is 6.09. The van der Waals surface area contributed by atoms with Crippen LogP contribution in [0.15, 0.2) is 59.6 Å². The third kappa shape index (κ3) is 3.13. The van der Waals surface area contributed by atoms with Crippen molar-refractivity contribution in [3.05, 3.63) is 65.7 Å². The minimum Gasteiger partial charge on any atom is -0.484 e. The van der Waals surface area contributed by atoms with E-state index in [0.717, 1.165) is 5.56 Å². The topological polar surface area (TPSA) is 76.0 Å². The van der Waals surface area contributed by atoms with Crippen LogP contribution < -0.4 is 4.74 Å². The average Bonchev–Trinajstić information content (AvgIpc) is 2.57. The van der Waals surface area contributed by atoms with Crippen LogP contribution in [0, 0.1) is 5.92 Å². The zero-order valence-corrected chi connectivity index (χ0v) is 12.3. The predicted octanol–water partition coefficient (Wildman–Crippen LogP) is 2.77. The van der Waals surface area contributed by atoms with Crippen molar-refractivity contribution in [2.24, 2.45) is 10.9 Å². The molecule has 0 aromatic heterocycles. The number of ether oxygens (including phenoxy) is 1. The van der Waals surface area contributed by atoms with E-state index in [4.69, 9.17) is 9.84 Å². The number of Topliss-reactive ketones (excluding diaryl/α,β-unsaturated/α-hetero) is 1. The molecule has 0 amide bonds. The fourth-order valence-electron chi connectivity index (χ4n) is 2.61. The van der Waals surface area contributed by atoms with Crippen molar-refractivity contribution in [1.29, 1.82) is 0 Å². The molecule has 0 spiro atoms. The molecule has 0 radical (unpaired) electrons. The highest BCUT2D eigenvalue weighted by Gasteiger charge is 2.36. The number of aliphatic imine (C=N–C) groups is 1. The molecule has 1 heterocycles. The van der Waals surface area contributed by atoms with Gasteiger partial charge in [-0.3, -0.25) is 14.6 Å². The number of hydrogen-bond acceptors (Lipinski definition) is 4. The van der Waals surface area contributed by atoms with Crippen molar-refractivity contribution in [1.82, 2.24) is 0 Å². The summed E-state index contributed by atoms with van der Waals surface area (Å²) in [6.07, 6.45) is 0.875. The number of para-hydroxylation sites is 1. The van der Waals surface area contributed by atoms with Gasteiger partial charge in [0.2, 0.25) is 0 Å². The lowest BCUT2D eigenvalue weighted by Crippen LogP contribution is -2.32. The average molecular weight is 309 g/mol. The Hall–Kier alpha value is -2.95. The Kier molecular flexibility index (Phi) is 4.19. The molecule has 0 saturated carbocycles. The summed E-state index contributed by atoms with van der Waals surface area (Å²) in [6.45, 7) is -0.368. The van der Waals surface area contributed by atoms with Crippen LogP contribution in [-0.4, -0.2) is 29.6 Å². The zero-order valence-electron chi connectivity index (χ0n) is 12.3. The number of aliphatic carboxylic acids is 1. The minimum atomic E-state index is -1.04. The van der Waals surface area contributed by atoms with Crippen LogP contribution in [-0.2, 0) is 4.79 Å². The molecular weight excluding hydrogens is 294 g/mol. The normalized spacial score (nSPS) is 20.1. The molecule has 2 unspecified atom stereocenters. The Morgan fingerprint density at radius 2 is 1.83 bits per heavy atom. The molecule has 0 bridgehead atoms. The van der Waals surface area contributed by atoms with Crippen LogP contribution in [0.4, 0.5) is 0 Å².